The van der Waals surface area contributed by atoms with Gasteiger partial charge in [0.05, 0.1) is 12.1 Å². The Balaban J connectivity index is 2.04. The van der Waals surface area contributed by atoms with Crippen molar-refractivity contribution in [1.82, 2.24) is 5.32 Å². The molecule has 0 radical (unpaired) electrons. The molecule has 0 saturated heterocycles. The first-order chi connectivity index (χ1) is 9.64. The van der Waals surface area contributed by atoms with E-state index in [0.29, 0.717) is 5.56 Å². The van der Waals surface area contributed by atoms with Gasteiger partial charge in [-0.25, -0.2) is 0 Å². The van der Waals surface area contributed by atoms with E-state index in [4.69, 9.17) is 0 Å². The second kappa shape index (κ2) is 6.27. The molecule has 1 saturated carbocycles. The molecule has 1 aromatic carbocycles. The zero-order chi connectivity index (χ0) is 14.6. The van der Waals surface area contributed by atoms with Crippen LogP contribution in [0.4, 0.5) is 5.69 Å². The van der Waals surface area contributed by atoms with Gasteiger partial charge in [-0.2, -0.15) is 0 Å². The third-order valence-electron chi connectivity index (χ3n) is 4.25. The molecule has 110 valence electrons. The van der Waals surface area contributed by atoms with Crippen molar-refractivity contribution >= 4 is 11.6 Å². The number of benzene rings is 1. The molecule has 4 heteroatoms. The van der Waals surface area contributed by atoms with Crippen molar-refractivity contribution in [3.63, 3.8) is 0 Å². The first kappa shape index (κ1) is 14.9. The second-order valence-electron chi connectivity index (χ2n) is 5.47. The van der Waals surface area contributed by atoms with Crippen molar-refractivity contribution in [1.29, 1.82) is 0 Å². The van der Waals surface area contributed by atoms with Gasteiger partial charge in [0.1, 0.15) is 0 Å². The van der Waals surface area contributed by atoms with Gasteiger partial charge in [0.25, 0.3) is 5.91 Å². The Hall–Kier alpha value is -1.55. The van der Waals surface area contributed by atoms with Crippen LogP contribution in [0, 0.1) is 0 Å². The molecule has 0 aromatic heterocycles. The molecule has 0 heterocycles. The Morgan fingerprint density at radius 3 is 2.25 bits per heavy atom. The topological polar surface area (TPSA) is 52.6 Å². The van der Waals surface area contributed by atoms with Crippen LogP contribution in [0.2, 0.25) is 0 Å². The lowest BCUT2D eigenvalue weighted by atomic mass is 9.77. The predicted octanol–water partition coefficient (Wildman–Crippen LogP) is 2.18. The molecule has 2 N–H and O–H groups in total. The average Bonchev–Trinajstić information content (AvgIpc) is 2.45. The smallest absolute Gasteiger partial charge is 0.251 e. The molecule has 0 bridgehead atoms. The highest BCUT2D eigenvalue weighted by Gasteiger charge is 2.37. The largest absolute Gasteiger partial charge is 0.394 e. The summed E-state index contributed by atoms with van der Waals surface area (Å²) in [6.45, 7) is 6.17. The Labute approximate surface area is 120 Å². The van der Waals surface area contributed by atoms with Crippen LogP contribution in [0.3, 0.4) is 0 Å². The van der Waals surface area contributed by atoms with E-state index < -0.39 is 0 Å². The Bertz CT molecular complexity index is 443. The summed E-state index contributed by atoms with van der Waals surface area (Å²) in [5.74, 6) is -0.0927. The number of nitrogens with zero attached hydrogens (tertiary/aromatic N) is 1. The normalized spacial score (nSPS) is 16.4. The van der Waals surface area contributed by atoms with Gasteiger partial charge in [0, 0.05) is 24.3 Å². The molecular formula is C16H24N2O2. The SMILES string of the molecule is CCN(CC)c1ccc(C(=O)NC2(CO)CCC2)cc1. The molecule has 0 aliphatic heterocycles. The van der Waals surface area contributed by atoms with Gasteiger partial charge < -0.3 is 15.3 Å². The quantitative estimate of drug-likeness (QED) is 0.837. The summed E-state index contributed by atoms with van der Waals surface area (Å²) in [5, 5.41) is 12.4. The first-order valence-electron chi connectivity index (χ1n) is 7.42. The summed E-state index contributed by atoms with van der Waals surface area (Å²) in [7, 11) is 0. The maximum absolute atomic E-state index is 12.2. The number of rotatable bonds is 6. The first-order valence-corrected chi connectivity index (χ1v) is 7.42. The minimum Gasteiger partial charge on any atom is -0.394 e. The minimum absolute atomic E-state index is 0.0241. The van der Waals surface area contributed by atoms with Crippen molar-refractivity contribution in [2.75, 3.05) is 24.6 Å². The second-order valence-corrected chi connectivity index (χ2v) is 5.47. The molecule has 0 atom stereocenters. The maximum atomic E-state index is 12.2. The van der Waals surface area contributed by atoms with Crippen LogP contribution < -0.4 is 10.2 Å². The van der Waals surface area contributed by atoms with Crippen molar-refractivity contribution in [2.24, 2.45) is 0 Å². The summed E-state index contributed by atoms with van der Waals surface area (Å²) in [4.78, 5) is 14.4. The molecule has 1 amide bonds. The number of aliphatic hydroxyl groups excluding tert-OH is 1. The maximum Gasteiger partial charge on any atom is 0.251 e. The van der Waals surface area contributed by atoms with Crippen LogP contribution in [0.5, 0.6) is 0 Å². The number of carbonyl (C=O) groups excluding carboxylic acids is 1. The average molecular weight is 276 g/mol. The number of carbonyl (C=O) groups is 1. The van der Waals surface area contributed by atoms with E-state index in [1.165, 1.54) is 0 Å². The summed E-state index contributed by atoms with van der Waals surface area (Å²) in [6, 6.07) is 7.67. The summed E-state index contributed by atoms with van der Waals surface area (Å²) in [6.07, 6.45) is 2.81. The van der Waals surface area contributed by atoms with Gasteiger partial charge in [-0.3, -0.25) is 4.79 Å². The molecule has 1 aliphatic rings. The summed E-state index contributed by atoms with van der Waals surface area (Å²) in [5.41, 5.74) is 1.40. The van der Waals surface area contributed by atoms with Crippen molar-refractivity contribution in [2.45, 2.75) is 38.6 Å². The summed E-state index contributed by atoms with van der Waals surface area (Å²) < 4.78 is 0. The van der Waals surface area contributed by atoms with Crippen molar-refractivity contribution in [3.05, 3.63) is 29.8 Å². The van der Waals surface area contributed by atoms with Crippen LogP contribution in [0.25, 0.3) is 0 Å². The highest BCUT2D eigenvalue weighted by Crippen LogP contribution is 2.31. The molecule has 1 fully saturated rings. The zero-order valence-corrected chi connectivity index (χ0v) is 12.4. The summed E-state index contributed by atoms with van der Waals surface area (Å²) >= 11 is 0. The molecule has 20 heavy (non-hydrogen) atoms. The minimum atomic E-state index is -0.380. The Kier molecular flexibility index (Phi) is 4.65. The van der Waals surface area contributed by atoms with Gasteiger partial charge in [-0.1, -0.05) is 0 Å². The van der Waals surface area contributed by atoms with Crippen LogP contribution in [0.1, 0.15) is 43.5 Å². The molecule has 0 unspecified atom stereocenters. The fourth-order valence-corrected chi connectivity index (χ4v) is 2.65. The van der Waals surface area contributed by atoms with Crippen LogP contribution >= 0.6 is 0 Å². The van der Waals surface area contributed by atoms with E-state index in [2.05, 4.69) is 24.1 Å². The number of hydrogen-bond acceptors (Lipinski definition) is 3. The number of aliphatic hydroxyl groups is 1. The Morgan fingerprint density at radius 2 is 1.85 bits per heavy atom. The molecule has 2 rings (SSSR count). The van der Waals surface area contributed by atoms with Gasteiger partial charge in [-0.15, -0.1) is 0 Å². The third-order valence-corrected chi connectivity index (χ3v) is 4.25. The van der Waals surface area contributed by atoms with Gasteiger partial charge >= 0.3 is 0 Å². The predicted molar refractivity (Wildman–Crippen MR) is 81.1 cm³/mol. The number of nitrogens with one attached hydrogen (secondary N) is 1. The van der Waals surface area contributed by atoms with Crippen molar-refractivity contribution < 1.29 is 9.90 Å². The lowest BCUT2D eigenvalue weighted by molar-refractivity contribution is 0.0641. The van der Waals surface area contributed by atoms with E-state index >= 15 is 0 Å². The fourth-order valence-electron chi connectivity index (χ4n) is 2.65. The fraction of sp³-hybridized carbons (Fsp3) is 0.562. The van der Waals surface area contributed by atoms with Crippen molar-refractivity contribution in [3.8, 4) is 0 Å². The molecule has 4 nitrogen and oxygen atoms in total. The van der Waals surface area contributed by atoms with E-state index in [9.17, 15) is 9.90 Å². The van der Waals surface area contributed by atoms with Gasteiger partial charge in [0.2, 0.25) is 0 Å². The van der Waals surface area contributed by atoms with E-state index in [1.54, 1.807) is 0 Å². The molecule has 0 spiro atoms. The number of hydrogen-bond donors (Lipinski definition) is 2. The monoisotopic (exact) mass is 276 g/mol. The third kappa shape index (κ3) is 2.96. The zero-order valence-electron chi connectivity index (χ0n) is 12.4. The highest BCUT2D eigenvalue weighted by molar-refractivity contribution is 5.95. The Morgan fingerprint density at radius 1 is 1.25 bits per heavy atom. The van der Waals surface area contributed by atoms with E-state index in [-0.39, 0.29) is 18.1 Å². The molecular weight excluding hydrogens is 252 g/mol. The van der Waals surface area contributed by atoms with Gasteiger partial charge in [-0.05, 0) is 57.4 Å². The number of amides is 1. The molecule has 1 aliphatic carbocycles. The number of anilines is 1. The van der Waals surface area contributed by atoms with E-state index in [1.807, 2.05) is 24.3 Å². The van der Waals surface area contributed by atoms with E-state index in [0.717, 1.165) is 38.0 Å². The highest BCUT2D eigenvalue weighted by atomic mass is 16.3. The lowest BCUT2D eigenvalue weighted by Crippen LogP contribution is -2.56. The van der Waals surface area contributed by atoms with Gasteiger partial charge in [0.15, 0.2) is 0 Å². The van der Waals surface area contributed by atoms with Crippen LogP contribution in [0.15, 0.2) is 24.3 Å². The van der Waals surface area contributed by atoms with Crippen LogP contribution in [-0.4, -0.2) is 36.2 Å². The standard InChI is InChI=1S/C16H24N2O2/c1-3-18(4-2)14-8-6-13(7-9-14)15(20)17-16(12-19)10-5-11-16/h6-9,19H,3-5,10-12H2,1-2H3,(H,17,20). The lowest BCUT2D eigenvalue weighted by Gasteiger charge is -2.40. The van der Waals surface area contributed by atoms with Crippen LogP contribution in [-0.2, 0) is 0 Å². The molecule has 1 aromatic rings.